The summed E-state index contributed by atoms with van der Waals surface area (Å²) in [5.41, 5.74) is 24.9. The van der Waals surface area contributed by atoms with E-state index in [9.17, 15) is 14.4 Å². The van der Waals surface area contributed by atoms with Gasteiger partial charge in [-0.05, 0) is 116 Å². The highest BCUT2D eigenvalue weighted by molar-refractivity contribution is 5.91. The van der Waals surface area contributed by atoms with Crippen molar-refractivity contribution in [1.29, 1.82) is 0 Å². The molecule has 0 aromatic heterocycles. The zero-order valence-corrected chi connectivity index (χ0v) is 64.5. The fourth-order valence-electron chi connectivity index (χ4n) is 3.94. The van der Waals surface area contributed by atoms with Crippen LogP contribution in [-0.4, -0.2) is 167 Å². The summed E-state index contributed by atoms with van der Waals surface area (Å²) in [5.74, 6) is 2.95. The fraction of sp³-hybridized carbons (Fsp3) is 0.647. The topological polar surface area (TPSA) is 479 Å². The van der Waals surface area contributed by atoms with E-state index in [4.69, 9.17) is 48.3 Å². The number of aliphatic hydroxyl groups is 1. The smallest absolute Gasteiger partial charge is 0.244 e. The second-order valence-corrected chi connectivity index (χ2v) is 17.0. The molecule has 0 saturated carbocycles. The van der Waals surface area contributed by atoms with Gasteiger partial charge in [-0.25, -0.2) is 0 Å². The maximum atomic E-state index is 12.8. The quantitative estimate of drug-likeness (QED) is 0.106. The number of hydrogen-bond acceptors (Lipinski definition) is 21. The van der Waals surface area contributed by atoms with Crippen LogP contribution in [0.3, 0.4) is 0 Å². The molecule has 1 aliphatic heterocycles. The van der Waals surface area contributed by atoms with Gasteiger partial charge in [0, 0.05) is 39.6 Å². The van der Waals surface area contributed by atoms with E-state index in [1.54, 1.807) is 27.8 Å². The van der Waals surface area contributed by atoms with Gasteiger partial charge in [0.1, 0.15) is 73.2 Å². The molecule has 1 aliphatic rings. The van der Waals surface area contributed by atoms with Crippen molar-refractivity contribution in [3.05, 3.63) is 71.8 Å². The molecule has 2 atom stereocenters. The molecular formula is C68H157N11O13. The van der Waals surface area contributed by atoms with Crippen LogP contribution in [0, 0.1) is 23.7 Å². The van der Waals surface area contributed by atoms with Crippen LogP contribution in [0.15, 0.2) is 60.7 Å². The second-order valence-electron chi connectivity index (χ2n) is 17.0. The number of aliphatic hydroxyl groups excluding tert-OH is 1. The molecule has 2 aromatic rings. The minimum atomic E-state index is -0.647. The number of nitrogens with one attached hydrogen (secondary N) is 1. The molecule has 1 saturated heterocycles. The number of rotatable bonds is 10. The summed E-state index contributed by atoms with van der Waals surface area (Å²) in [7, 11) is 9.12. The van der Waals surface area contributed by atoms with Gasteiger partial charge in [-0.15, -0.1) is 0 Å². The standard InChI is InChI=1S/C20H29N3O3.C8H10.3C5H12.C4H10.C3H8O.2C2H6.5CH5N.9CH2O.3H3N/c1-15(20(26)23-12-8-5-9-13-23)21-19(25)18(22(3)16(2)24)14-17-10-6-4-7-11-17;1-2-8-6-4-3-5-7-8;3*1-4-5(2)3;1-4(2)3;1-3(2)4;16*1-2;;;/h4,6-7,10-11,15,18H,5,8-9,12-14H2,1-3H3,(H,21,25);3-7H,2H2,1H3;3*5H,4H2,1-3H3;4H,1-3H3;3-4H,1-2H3;2*1-2H3;5*2H2,1H3;9*1H2;3*1H3/t15-,18-;;;;;;;;;;;;;;;;;;;;;;;;;/m0........................./s1. The van der Waals surface area contributed by atoms with E-state index in [0.29, 0.717) is 6.42 Å². The minimum Gasteiger partial charge on any atom is -0.394 e. The van der Waals surface area contributed by atoms with E-state index < -0.39 is 12.1 Å². The van der Waals surface area contributed by atoms with Gasteiger partial charge in [0.15, 0.2) is 0 Å². The van der Waals surface area contributed by atoms with Crippen molar-refractivity contribution in [1.82, 2.24) is 33.6 Å². The highest BCUT2D eigenvalue weighted by Gasteiger charge is 2.29. The first-order valence-corrected chi connectivity index (χ1v) is 29.7. The van der Waals surface area contributed by atoms with Crippen LogP contribution in [-0.2, 0) is 70.4 Å². The van der Waals surface area contributed by atoms with Crippen molar-refractivity contribution in [3.8, 4) is 0 Å². The summed E-state index contributed by atoms with van der Waals surface area (Å²) in [6.45, 7) is 62.7. The maximum Gasteiger partial charge on any atom is 0.244 e. The highest BCUT2D eigenvalue weighted by atomic mass is 16.3. The molecule has 92 heavy (non-hydrogen) atoms. The van der Waals surface area contributed by atoms with Crippen molar-refractivity contribution in [2.24, 2.45) is 52.3 Å². The monoisotopic (exact) mass is 1340 g/mol. The molecule has 3 rings (SSSR count). The van der Waals surface area contributed by atoms with Crippen LogP contribution in [0.4, 0.5) is 0 Å². The average Bonchev–Trinajstić information content (AvgIpc) is 2.56. The van der Waals surface area contributed by atoms with Crippen LogP contribution >= 0.6 is 0 Å². The fourth-order valence-corrected chi connectivity index (χ4v) is 3.94. The lowest BCUT2D eigenvalue weighted by atomic mass is 10.0. The molecule has 3 amide bonds. The molecule has 0 spiro atoms. The molecule has 2 aromatic carbocycles. The van der Waals surface area contributed by atoms with E-state index in [0.717, 1.165) is 68.0 Å². The number of carbonyl (C=O) groups excluding carboxylic acids is 12. The normalized spacial score (nSPS) is 8.65. The Labute approximate surface area is 567 Å². The molecule has 0 bridgehead atoms. The molecular weight excluding hydrogens is 1180 g/mol. The molecule has 24 nitrogen and oxygen atoms in total. The van der Waals surface area contributed by atoms with Crippen LogP contribution < -0.4 is 52.4 Å². The largest absolute Gasteiger partial charge is 0.394 e. The number of carbonyl (C=O) groups is 12. The SMILES string of the molecule is C=O.C=O.C=O.C=O.C=O.C=O.C=O.C=O.C=O.CC.CC.CC(=O)N(C)[C@@H](Cc1ccccc1)C(=O)N[C@@H](C)C(=O)N1CCCCC1.CC(C)C.CC(C)O.CCC(C)C.CCC(C)C.CCC(C)C.CCc1ccccc1.CN.CN.CN.CN.CN.N.N.N. The Morgan fingerprint density at radius 3 is 0.848 bits per heavy atom. The van der Waals surface area contributed by atoms with Crippen molar-refractivity contribution in [2.45, 2.75) is 215 Å². The van der Waals surface area contributed by atoms with Gasteiger partial charge in [-0.2, -0.15) is 0 Å². The number of likely N-dealkylation sites (N-methyl/N-ethyl adjacent to an activating group) is 1. The summed E-state index contributed by atoms with van der Waals surface area (Å²) in [4.78, 5) is 112. The van der Waals surface area contributed by atoms with Gasteiger partial charge in [-0.3, -0.25) is 14.4 Å². The van der Waals surface area contributed by atoms with Crippen molar-refractivity contribution < 1.29 is 62.6 Å². The Balaban J connectivity index is -0.0000000292. The Hall–Kier alpha value is -6.48. The Bertz CT molecular complexity index is 1330. The van der Waals surface area contributed by atoms with Crippen LogP contribution in [0.2, 0.25) is 0 Å². The molecule has 0 radical (unpaired) electrons. The predicted molar refractivity (Wildman–Crippen MR) is 402 cm³/mol. The molecule has 1 heterocycles. The number of piperidine rings is 1. The number of benzene rings is 2. The number of nitrogens with zero attached hydrogens (tertiary/aromatic N) is 2. The van der Waals surface area contributed by atoms with Crippen molar-refractivity contribution in [2.75, 3.05) is 55.4 Å². The van der Waals surface area contributed by atoms with Gasteiger partial charge in [0.2, 0.25) is 17.7 Å². The Morgan fingerprint density at radius 2 is 0.674 bits per heavy atom. The number of hydrogen-bond donors (Lipinski definition) is 10. The third-order valence-corrected chi connectivity index (χ3v) is 8.64. The Morgan fingerprint density at radius 1 is 0.467 bits per heavy atom. The third kappa shape index (κ3) is 199. The molecule has 21 N–H and O–H groups in total. The zero-order valence-electron chi connectivity index (χ0n) is 64.5. The van der Waals surface area contributed by atoms with Gasteiger partial charge >= 0.3 is 0 Å². The highest BCUT2D eigenvalue weighted by Crippen LogP contribution is 2.12. The number of aryl methyl sites for hydroxylation is 1. The van der Waals surface area contributed by atoms with E-state index in [1.807, 2.05) is 130 Å². The average molecular weight is 1340 g/mol. The lowest BCUT2D eigenvalue weighted by Crippen LogP contribution is -2.54. The molecule has 0 unspecified atom stereocenters. The first kappa shape index (κ1) is 156. The summed E-state index contributed by atoms with van der Waals surface area (Å²) < 4.78 is 0. The lowest BCUT2D eigenvalue weighted by molar-refractivity contribution is -0.140. The summed E-state index contributed by atoms with van der Waals surface area (Å²) in [5, 5.41) is 10.9. The van der Waals surface area contributed by atoms with Crippen molar-refractivity contribution in [3.63, 3.8) is 0 Å². The van der Waals surface area contributed by atoms with Crippen LogP contribution in [0.25, 0.3) is 0 Å². The van der Waals surface area contributed by atoms with Crippen LogP contribution in [0.5, 0.6) is 0 Å². The maximum absolute atomic E-state index is 12.8. The number of likely N-dealkylation sites (tertiary alicyclic amines) is 1. The molecule has 24 heteroatoms. The van der Waals surface area contributed by atoms with Gasteiger partial charge in [0.25, 0.3) is 0 Å². The zero-order chi connectivity index (χ0) is 76.9. The second kappa shape index (κ2) is 185. The molecule has 562 valence electrons. The van der Waals surface area contributed by atoms with Gasteiger partial charge in [-0.1, -0.05) is 198 Å². The Kier molecular flexibility index (Phi) is 314. The first-order chi connectivity index (χ1) is 42.6. The number of nitrogens with two attached hydrogens (primary N) is 5. The molecule has 1 fully saturated rings. The van der Waals surface area contributed by atoms with Crippen LogP contribution in [0.1, 0.15) is 195 Å². The predicted octanol–water partition coefficient (Wildman–Crippen LogP) is 10.8. The van der Waals surface area contributed by atoms with Gasteiger partial charge < -0.3 is 110 Å². The summed E-state index contributed by atoms with van der Waals surface area (Å²) in [6, 6.07) is 18.8. The summed E-state index contributed by atoms with van der Waals surface area (Å²) in [6.07, 6.45) is 8.47. The van der Waals surface area contributed by atoms with E-state index in [-0.39, 0.29) is 42.3 Å². The minimum absolute atomic E-state index is 0. The van der Waals surface area contributed by atoms with E-state index in [2.05, 4.69) is 148 Å². The van der Waals surface area contributed by atoms with Crippen molar-refractivity contribution >= 4 is 78.8 Å². The number of amides is 3. The first-order valence-electron chi connectivity index (χ1n) is 29.7. The van der Waals surface area contributed by atoms with E-state index >= 15 is 0 Å². The summed E-state index contributed by atoms with van der Waals surface area (Å²) >= 11 is 0. The van der Waals surface area contributed by atoms with E-state index in [1.165, 1.54) is 71.9 Å². The third-order valence-electron chi connectivity index (χ3n) is 8.64. The molecule has 0 aliphatic carbocycles. The lowest BCUT2D eigenvalue weighted by Gasteiger charge is -2.31. The van der Waals surface area contributed by atoms with Gasteiger partial charge in [0.05, 0.1) is 0 Å².